The number of benzene rings is 1. The van der Waals surface area contributed by atoms with Crippen molar-refractivity contribution in [1.29, 1.82) is 0 Å². The van der Waals surface area contributed by atoms with Gasteiger partial charge in [-0.25, -0.2) is 4.98 Å². The van der Waals surface area contributed by atoms with Gasteiger partial charge >= 0.3 is 0 Å². The van der Waals surface area contributed by atoms with Crippen molar-refractivity contribution in [3.63, 3.8) is 0 Å². The molecule has 1 unspecified atom stereocenters. The van der Waals surface area contributed by atoms with Crippen LogP contribution in [0.25, 0.3) is 0 Å². The number of carbonyl (C=O) groups is 1. The van der Waals surface area contributed by atoms with Crippen molar-refractivity contribution in [2.24, 2.45) is 0 Å². The molecule has 126 valence electrons. The monoisotopic (exact) mass is 345 g/mol. The first-order valence-electron chi connectivity index (χ1n) is 8.07. The number of halogens is 1. The van der Waals surface area contributed by atoms with Crippen LogP contribution in [0.1, 0.15) is 18.4 Å². The number of hydrogen-bond acceptors (Lipinski definition) is 4. The number of nitrogens with zero attached hydrogens (tertiary/aromatic N) is 1. The van der Waals surface area contributed by atoms with Crippen molar-refractivity contribution in [2.45, 2.75) is 25.4 Å². The molecular weight excluding hydrogens is 326 g/mol. The predicted molar refractivity (Wildman–Crippen MR) is 95.5 cm³/mol. The van der Waals surface area contributed by atoms with E-state index in [2.05, 4.69) is 15.6 Å². The minimum absolute atomic E-state index is 0.122. The van der Waals surface area contributed by atoms with Crippen LogP contribution < -0.4 is 10.6 Å². The fraction of sp³-hybridized carbons (Fsp3) is 0.333. The predicted octanol–water partition coefficient (Wildman–Crippen LogP) is 3.51. The number of aromatic nitrogens is 1. The van der Waals surface area contributed by atoms with Crippen LogP contribution in [0.2, 0.25) is 5.02 Å². The number of hydrogen-bond donors (Lipinski definition) is 2. The van der Waals surface area contributed by atoms with Gasteiger partial charge in [0.25, 0.3) is 5.91 Å². The number of nitrogens with one attached hydrogen (secondary N) is 2. The molecule has 2 aromatic rings. The lowest BCUT2D eigenvalue weighted by atomic mass is 10.1. The largest absolute Gasteiger partial charge is 0.383 e. The summed E-state index contributed by atoms with van der Waals surface area (Å²) >= 11 is 5.87. The smallest absolute Gasteiger partial charge is 0.254 e. The molecule has 3 rings (SSSR count). The van der Waals surface area contributed by atoms with Gasteiger partial charge in [0, 0.05) is 18.2 Å². The third kappa shape index (κ3) is 4.69. The Morgan fingerprint density at radius 3 is 2.75 bits per heavy atom. The maximum atomic E-state index is 12.0. The number of anilines is 2. The number of carbonyl (C=O) groups excluding carboxylic acids is 1. The Morgan fingerprint density at radius 2 is 2.08 bits per heavy atom. The van der Waals surface area contributed by atoms with Crippen molar-refractivity contribution >= 4 is 29.0 Å². The first-order valence-corrected chi connectivity index (χ1v) is 8.45. The highest BCUT2D eigenvalue weighted by atomic mass is 35.5. The van der Waals surface area contributed by atoms with Crippen molar-refractivity contribution in [2.75, 3.05) is 23.8 Å². The standard InChI is InChI=1S/C18H20ClN3O2/c19-14-5-3-13(4-6-14)9-10-20-15-7-8-17(21-12-15)22-18(23)16-2-1-11-24-16/h3-8,12,16,20H,1-2,9-11H2,(H,21,22,23). The lowest BCUT2D eigenvalue weighted by Crippen LogP contribution is -2.27. The minimum Gasteiger partial charge on any atom is -0.383 e. The summed E-state index contributed by atoms with van der Waals surface area (Å²) in [5.41, 5.74) is 2.14. The summed E-state index contributed by atoms with van der Waals surface area (Å²) in [6.07, 6.45) is 3.98. The van der Waals surface area contributed by atoms with Crippen molar-refractivity contribution in [3.05, 3.63) is 53.2 Å². The fourth-order valence-electron chi connectivity index (χ4n) is 2.57. The Kier molecular flexibility index (Phi) is 5.67. The van der Waals surface area contributed by atoms with Gasteiger partial charge in [0.05, 0.1) is 11.9 Å². The van der Waals surface area contributed by atoms with E-state index in [1.165, 1.54) is 5.56 Å². The SMILES string of the molecule is O=C(Nc1ccc(NCCc2ccc(Cl)cc2)cn1)C1CCCO1. The third-order valence-electron chi connectivity index (χ3n) is 3.89. The molecule has 1 saturated heterocycles. The summed E-state index contributed by atoms with van der Waals surface area (Å²) in [4.78, 5) is 16.2. The van der Waals surface area contributed by atoms with E-state index in [-0.39, 0.29) is 12.0 Å². The van der Waals surface area contributed by atoms with E-state index in [1.807, 2.05) is 30.3 Å². The van der Waals surface area contributed by atoms with E-state index in [9.17, 15) is 4.79 Å². The Morgan fingerprint density at radius 1 is 1.25 bits per heavy atom. The number of amides is 1. The first kappa shape index (κ1) is 16.7. The molecule has 1 aliphatic rings. The van der Waals surface area contributed by atoms with Gasteiger partial charge in [-0.2, -0.15) is 0 Å². The number of pyridine rings is 1. The summed E-state index contributed by atoms with van der Waals surface area (Å²) in [5, 5.41) is 6.84. The number of ether oxygens (including phenoxy) is 1. The average Bonchev–Trinajstić information content (AvgIpc) is 3.13. The van der Waals surface area contributed by atoms with Gasteiger partial charge in [0.15, 0.2) is 0 Å². The van der Waals surface area contributed by atoms with Crippen LogP contribution >= 0.6 is 11.6 Å². The van der Waals surface area contributed by atoms with Crippen LogP contribution in [0.4, 0.5) is 11.5 Å². The molecule has 1 aromatic carbocycles. The molecule has 0 spiro atoms. The Bertz CT molecular complexity index is 668. The number of rotatable bonds is 6. The second-order valence-electron chi connectivity index (χ2n) is 5.73. The molecule has 1 fully saturated rings. The Balaban J connectivity index is 1.45. The first-order chi connectivity index (χ1) is 11.7. The molecule has 0 bridgehead atoms. The zero-order chi connectivity index (χ0) is 16.8. The van der Waals surface area contributed by atoms with Crippen LogP contribution in [-0.2, 0) is 16.0 Å². The maximum absolute atomic E-state index is 12.0. The highest BCUT2D eigenvalue weighted by Crippen LogP contribution is 2.15. The van der Waals surface area contributed by atoms with E-state index >= 15 is 0 Å². The average molecular weight is 346 g/mol. The maximum Gasteiger partial charge on any atom is 0.254 e. The Hall–Kier alpha value is -2.11. The zero-order valence-electron chi connectivity index (χ0n) is 13.3. The van der Waals surface area contributed by atoms with Crippen LogP contribution in [0.5, 0.6) is 0 Å². The summed E-state index contributed by atoms with van der Waals surface area (Å²) in [6, 6.07) is 11.5. The van der Waals surface area contributed by atoms with E-state index in [0.29, 0.717) is 12.4 Å². The topological polar surface area (TPSA) is 63.2 Å². The molecule has 5 nitrogen and oxygen atoms in total. The zero-order valence-corrected chi connectivity index (χ0v) is 14.1. The van der Waals surface area contributed by atoms with Crippen molar-refractivity contribution < 1.29 is 9.53 Å². The minimum atomic E-state index is -0.344. The summed E-state index contributed by atoms with van der Waals surface area (Å²) in [5.74, 6) is 0.419. The molecule has 1 aliphatic heterocycles. The molecule has 0 radical (unpaired) electrons. The Labute approximate surface area is 146 Å². The molecular formula is C18H20ClN3O2. The second kappa shape index (κ2) is 8.13. The van der Waals surface area contributed by atoms with Gasteiger partial charge < -0.3 is 15.4 Å². The fourth-order valence-corrected chi connectivity index (χ4v) is 2.69. The normalized spacial score (nSPS) is 16.8. The van der Waals surface area contributed by atoms with Gasteiger partial charge in [-0.05, 0) is 49.1 Å². The third-order valence-corrected chi connectivity index (χ3v) is 4.14. The van der Waals surface area contributed by atoms with Gasteiger partial charge in [-0.15, -0.1) is 0 Å². The molecule has 2 heterocycles. The molecule has 1 atom stereocenters. The van der Waals surface area contributed by atoms with Gasteiger partial charge in [-0.1, -0.05) is 23.7 Å². The molecule has 2 N–H and O–H groups in total. The van der Waals surface area contributed by atoms with Gasteiger partial charge in [0.1, 0.15) is 11.9 Å². The molecule has 1 aromatic heterocycles. The van der Waals surface area contributed by atoms with Crippen LogP contribution in [0, 0.1) is 0 Å². The van der Waals surface area contributed by atoms with E-state index in [0.717, 1.165) is 36.5 Å². The molecule has 0 saturated carbocycles. The highest BCUT2D eigenvalue weighted by Gasteiger charge is 2.23. The van der Waals surface area contributed by atoms with Crippen LogP contribution in [0.15, 0.2) is 42.6 Å². The lowest BCUT2D eigenvalue weighted by Gasteiger charge is -2.11. The van der Waals surface area contributed by atoms with E-state index in [4.69, 9.17) is 16.3 Å². The molecule has 0 aliphatic carbocycles. The van der Waals surface area contributed by atoms with Crippen LogP contribution in [0.3, 0.4) is 0 Å². The summed E-state index contributed by atoms with van der Waals surface area (Å²) in [7, 11) is 0. The molecule has 1 amide bonds. The second-order valence-corrected chi connectivity index (χ2v) is 6.16. The van der Waals surface area contributed by atoms with Gasteiger partial charge in [-0.3, -0.25) is 4.79 Å². The van der Waals surface area contributed by atoms with E-state index < -0.39 is 0 Å². The van der Waals surface area contributed by atoms with E-state index in [1.54, 1.807) is 12.3 Å². The van der Waals surface area contributed by atoms with Crippen molar-refractivity contribution in [1.82, 2.24) is 4.98 Å². The molecule has 6 heteroatoms. The van der Waals surface area contributed by atoms with Gasteiger partial charge in [0.2, 0.25) is 0 Å². The lowest BCUT2D eigenvalue weighted by molar-refractivity contribution is -0.124. The van der Waals surface area contributed by atoms with Crippen LogP contribution in [-0.4, -0.2) is 30.1 Å². The molecule has 24 heavy (non-hydrogen) atoms. The van der Waals surface area contributed by atoms with Crippen molar-refractivity contribution in [3.8, 4) is 0 Å². The summed E-state index contributed by atoms with van der Waals surface area (Å²) < 4.78 is 5.35. The summed E-state index contributed by atoms with van der Waals surface area (Å²) in [6.45, 7) is 1.45. The quantitative estimate of drug-likeness (QED) is 0.841. The highest BCUT2D eigenvalue weighted by molar-refractivity contribution is 6.30.